The van der Waals surface area contributed by atoms with Crippen LogP contribution in [0.1, 0.15) is 86.5 Å². The van der Waals surface area contributed by atoms with Crippen molar-refractivity contribution >= 4 is 0 Å². The fourth-order valence-corrected chi connectivity index (χ4v) is 10.9. The summed E-state index contributed by atoms with van der Waals surface area (Å²) in [5.74, 6) is 0.367. The monoisotopic (exact) mass is 506 g/mol. The van der Waals surface area contributed by atoms with Gasteiger partial charge in [0.1, 0.15) is 0 Å². The maximum atomic E-state index is 11.8. The highest BCUT2D eigenvalue weighted by Gasteiger charge is 2.72. The van der Waals surface area contributed by atoms with Crippen LogP contribution < -0.4 is 0 Å². The Labute approximate surface area is 216 Å². The van der Waals surface area contributed by atoms with Gasteiger partial charge in [0.05, 0.1) is 43.0 Å². The maximum Gasteiger partial charge on any atom is 0.0913 e. The van der Waals surface area contributed by atoms with Gasteiger partial charge in [0.2, 0.25) is 0 Å². The number of hydrogen-bond donors (Lipinski definition) is 6. The van der Waals surface area contributed by atoms with E-state index >= 15 is 0 Å². The molecule has 0 unspecified atom stereocenters. The number of aliphatic hydroxyl groups is 6. The second-order valence-electron chi connectivity index (χ2n) is 15.1. The van der Waals surface area contributed by atoms with E-state index in [1.54, 1.807) is 0 Å². The summed E-state index contributed by atoms with van der Waals surface area (Å²) in [4.78, 5) is 0. The van der Waals surface area contributed by atoms with Crippen molar-refractivity contribution in [2.75, 3.05) is 13.2 Å². The van der Waals surface area contributed by atoms with E-state index in [1.807, 2.05) is 13.8 Å². The zero-order chi connectivity index (χ0) is 26.7. The average Bonchev–Trinajstić information content (AvgIpc) is 2.81. The van der Waals surface area contributed by atoms with E-state index in [4.69, 9.17) is 0 Å². The van der Waals surface area contributed by atoms with Crippen LogP contribution >= 0.6 is 0 Å². The van der Waals surface area contributed by atoms with Gasteiger partial charge in [-0.05, 0) is 84.4 Å². The van der Waals surface area contributed by atoms with Gasteiger partial charge >= 0.3 is 0 Å². The van der Waals surface area contributed by atoms with Gasteiger partial charge in [0, 0.05) is 5.41 Å². The minimum atomic E-state index is -1.19. The summed E-state index contributed by atoms with van der Waals surface area (Å²) in [5, 5.41) is 66.1. The zero-order valence-corrected chi connectivity index (χ0v) is 23.2. The van der Waals surface area contributed by atoms with Crippen molar-refractivity contribution in [3.05, 3.63) is 11.6 Å². The van der Waals surface area contributed by atoms with Crippen molar-refractivity contribution < 1.29 is 30.6 Å². The number of rotatable bonds is 2. The summed E-state index contributed by atoms with van der Waals surface area (Å²) in [6, 6.07) is 0. The lowest BCUT2D eigenvalue weighted by Crippen LogP contribution is -2.71. The Morgan fingerprint density at radius 3 is 2.06 bits per heavy atom. The normalized spacial score (nSPS) is 58.1. The van der Waals surface area contributed by atoms with Crippen LogP contribution in [0.5, 0.6) is 0 Å². The predicted octanol–water partition coefficient (Wildman–Crippen LogP) is 3.03. The topological polar surface area (TPSA) is 121 Å². The summed E-state index contributed by atoms with van der Waals surface area (Å²) in [7, 11) is 0. The Balaban J connectivity index is 1.63. The smallest absolute Gasteiger partial charge is 0.0913 e. The summed E-state index contributed by atoms with van der Waals surface area (Å²) in [6.07, 6.45) is 4.21. The zero-order valence-electron chi connectivity index (χ0n) is 23.2. The highest BCUT2D eigenvalue weighted by molar-refractivity contribution is 5.36. The Hall–Kier alpha value is -0.500. The molecule has 5 aliphatic rings. The molecule has 0 aromatic heterocycles. The van der Waals surface area contributed by atoms with Crippen molar-refractivity contribution in [3.63, 3.8) is 0 Å². The molecule has 6 N–H and O–H groups in total. The van der Waals surface area contributed by atoms with Gasteiger partial charge in [-0.2, -0.15) is 0 Å². The molecule has 6 nitrogen and oxygen atoms in total. The molecule has 6 heteroatoms. The third-order valence-electron chi connectivity index (χ3n) is 13.5. The molecule has 5 aliphatic carbocycles. The van der Waals surface area contributed by atoms with Gasteiger partial charge in [0.25, 0.3) is 0 Å². The standard InChI is InChI=1S/C30H50O6/c1-25(2)13-18-17-7-8-20-26(3)11-10-21(33)27(4,15-31)19(26)9-12-28(20,5)29(17,6)14-22(34)30(18,16-32)24(36)23(25)35/h7,18-24,31-36H,8-16H2,1-6H3/t18-,19-,20+,21-,22+,23-,24-,26-,27+,28+,29+,30-/m0/s1. The van der Waals surface area contributed by atoms with Crippen molar-refractivity contribution in [1.29, 1.82) is 0 Å². The first kappa shape index (κ1) is 27.1. The third kappa shape index (κ3) is 2.95. The van der Waals surface area contributed by atoms with E-state index in [-0.39, 0.29) is 41.3 Å². The highest BCUT2D eigenvalue weighted by Crippen LogP contribution is 2.75. The fourth-order valence-electron chi connectivity index (χ4n) is 10.9. The van der Waals surface area contributed by atoms with Crippen LogP contribution in [-0.4, -0.2) is 68.3 Å². The molecule has 5 rings (SSSR count). The van der Waals surface area contributed by atoms with E-state index in [2.05, 4.69) is 33.8 Å². The largest absolute Gasteiger partial charge is 0.396 e. The van der Waals surface area contributed by atoms with Crippen LogP contribution in [-0.2, 0) is 0 Å². The Morgan fingerprint density at radius 2 is 1.44 bits per heavy atom. The molecule has 0 bridgehead atoms. The lowest BCUT2D eigenvalue weighted by atomic mass is 9.33. The van der Waals surface area contributed by atoms with Gasteiger partial charge in [-0.25, -0.2) is 0 Å². The van der Waals surface area contributed by atoms with Crippen molar-refractivity contribution in [1.82, 2.24) is 0 Å². The minimum absolute atomic E-state index is 0.00861. The Kier molecular flexibility index (Phi) is 6.03. The third-order valence-corrected chi connectivity index (χ3v) is 13.5. The molecule has 4 saturated carbocycles. The summed E-state index contributed by atoms with van der Waals surface area (Å²) in [5.41, 5.74) is -1.40. The summed E-state index contributed by atoms with van der Waals surface area (Å²) < 4.78 is 0. The van der Waals surface area contributed by atoms with Crippen molar-refractivity contribution in [2.24, 2.45) is 50.2 Å². The summed E-state index contributed by atoms with van der Waals surface area (Å²) in [6.45, 7) is 12.7. The van der Waals surface area contributed by atoms with E-state index < -0.39 is 40.7 Å². The molecule has 12 atom stereocenters. The van der Waals surface area contributed by atoms with Gasteiger partial charge < -0.3 is 30.6 Å². The highest BCUT2D eigenvalue weighted by atomic mass is 16.3. The molecule has 0 aliphatic heterocycles. The van der Waals surface area contributed by atoms with Crippen LogP contribution in [0, 0.1) is 50.2 Å². The van der Waals surface area contributed by atoms with Crippen molar-refractivity contribution in [2.45, 2.75) is 111 Å². The lowest BCUT2D eigenvalue weighted by molar-refractivity contribution is -0.259. The first-order valence-electron chi connectivity index (χ1n) is 14.2. The average molecular weight is 507 g/mol. The van der Waals surface area contributed by atoms with Gasteiger partial charge in [-0.3, -0.25) is 0 Å². The molecule has 0 heterocycles. The molecule has 0 saturated heterocycles. The van der Waals surface area contributed by atoms with Crippen molar-refractivity contribution in [3.8, 4) is 0 Å². The molecule has 0 spiro atoms. The first-order valence-corrected chi connectivity index (χ1v) is 14.2. The molecule has 206 valence electrons. The quantitative estimate of drug-likeness (QED) is 0.320. The molecule has 0 aromatic carbocycles. The fraction of sp³-hybridized carbons (Fsp3) is 0.933. The van der Waals surface area contributed by atoms with E-state index in [9.17, 15) is 30.6 Å². The van der Waals surface area contributed by atoms with Crippen LogP contribution in [0.3, 0.4) is 0 Å². The maximum absolute atomic E-state index is 11.8. The van der Waals surface area contributed by atoms with E-state index in [0.29, 0.717) is 25.2 Å². The van der Waals surface area contributed by atoms with Crippen LogP contribution in [0.2, 0.25) is 0 Å². The molecule has 0 amide bonds. The number of aliphatic hydroxyl groups excluding tert-OH is 6. The second kappa shape index (κ2) is 8.02. The van der Waals surface area contributed by atoms with Crippen LogP contribution in [0.4, 0.5) is 0 Å². The molecule has 0 radical (unpaired) electrons. The molecule has 36 heavy (non-hydrogen) atoms. The van der Waals surface area contributed by atoms with Crippen LogP contribution in [0.25, 0.3) is 0 Å². The number of hydrogen-bond acceptors (Lipinski definition) is 6. The Bertz CT molecular complexity index is 932. The van der Waals surface area contributed by atoms with E-state index in [0.717, 1.165) is 25.7 Å². The Morgan fingerprint density at radius 1 is 0.778 bits per heavy atom. The number of fused-ring (bicyclic) bond motifs is 7. The number of allylic oxidation sites excluding steroid dienone is 2. The van der Waals surface area contributed by atoms with Gasteiger partial charge in [0.15, 0.2) is 0 Å². The molecular formula is C30H50O6. The summed E-state index contributed by atoms with van der Waals surface area (Å²) >= 11 is 0. The lowest BCUT2D eigenvalue weighted by Gasteiger charge is -2.72. The van der Waals surface area contributed by atoms with Gasteiger partial charge in [-0.1, -0.05) is 53.2 Å². The molecule has 4 fully saturated rings. The SMILES string of the molecule is CC1(C)C[C@H]2C3=CC[C@@H]4[C@@]5(C)CC[C@H](O)[C@](C)(CO)[C@H]5CC[C@@]4(C)[C@]3(C)C[C@@H](O)[C@@]2(CO)[C@@H](O)[C@@H]1O. The first-order chi connectivity index (χ1) is 16.6. The molecule has 0 aromatic rings. The minimum Gasteiger partial charge on any atom is -0.396 e. The van der Waals surface area contributed by atoms with E-state index in [1.165, 1.54) is 5.57 Å². The van der Waals surface area contributed by atoms with Crippen LogP contribution in [0.15, 0.2) is 11.6 Å². The predicted molar refractivity (Wildman–Crippen MR) is 138 cm³/mol. The second-order valence-corrected chi connectivity index (χ2v) is 15.1. The van der Waals surface area contributed by atoms with Gasteiger partial charge in [-0.15, -0.1) is 0 Å². The molecular weight excluding hydrogens is 456 g/mol.